The van der Waals surface area contributed by atoms with E-state index in [1.165, 1.54) is 37.3 Å². The molecular weight excluding hydrogens is 370 g/mol. The molecule has 0 saturated heterocycles. The summed E-state index contributed by atoms with van der Waals surface area (Å²) in [5.41, 5.74) is 1.65. The van der Waals surface area contributed by atoms with Gasteiger partial charge >= 0.3 is 6.61 Å². The zero-order valence-corrected chi connectivity index (χ0v) is 15.4. The van der Waals surface area contributed by atoms with Gasteiger partial charge in [-0.25, -0.2) is 0 Å². The van der Waals surface area contributed by atoms with Gasteiger partial charge < -0.3 is 20.1 Å². The maximum Gasteiger partial charge on any atom is 0.387 e. The van der Waals surface area contributed by atoms with E-state index < -0.39 is 12.5 Å². The summed E-state index contributed by atoms with van der Waals surface area (Å²) in [6.07, 6.45) is 2.81. The lowest BCUT2D eigenvalue weighted by atomic mass is 10.2. The van der Waals surface area contributed by atoms with Crippen LogP contribution in [0, 0.1) is 0 Å². The van der Waals surface area contributed by atoms with Crippen LogP contribution in [0.3, 0.4) is 0 Å². The molecule has 0 heterocycles. The van der Waals surface area contributed by atoms with Crippen molar-refractivity contribution >= 4 is 29.3 Å². The van der Waals surface area contributed by atoms with Gasteiger partial charge in [0.15, 0.2) is 11.5 Å². The molecule has 0 aliphatic rings. The fourth-order valence-corrected chi connectivity index (χ4v) is 2.32. The van der Waals surface area contributed by atoms with Gasteiger partial charge in [0.05, 0.1) is 6.61 Å². The van der Waals surface area contributed by atoms with Crippen LogP contribution in [-0.4, -0.2) is 25.0 Å². The molecule has 2 N–H and O–H groups in total. The molecule has 0 atom stereocenters. The molecule has 2 rings (SSSR count). The lowest BCUT2D eigenvalue weighted by Crippen LogP contribution is -2.09. The molecule has 0 aliphatic heterocycles. The molecule has 0 saturated carbocycles. The molecule has 28 heavy (non-hydrogen) atoms. The smallest absolute Gasteiger partial charge is 0.387 e. The fourth-order valence-electron chi connectivity index (χ4n) is 2.32. The first kappa shape index (κ1) is 20.9. The third kappa shape index (κ3) is 6.71. The molecule has 0 bridgehead atoms. The van der Waals surface area contributed by atoms with Gasteiger partial charge in [-0.05, 0) is 48.9 Å². The van der Waals surface area contributed by atoms with E-state index in [4.69, 9.17) is 4.74 Å². The van der Waals surface area contributed by atoms with Crippen molar-refractivity contribution < 1.29 is 27.8 Å². The average Bonchev–Trinajstić information content (AvgIpc) is 2.61. The highest BCUT2D eigenvalue weighted by molar-refractivity contribution is 6.02. The first-order chi connectivity index (χ1) is 13.4. The highest BCUT2D eigenvalue weighted by Crippen LogP contribution is 2.30. The lowest BCUT2D eigenvalue weighted by molar-refractivity contribution is -0.114. The van der Waals surface area contributed by atoms with Gasteiger partial charge in [-0.1, -0.05) is 12.1 Å². The van der Waals surface area contributed by atoms with E-state index in [0.717, 1.165) is 0 Å². The fraction of sp³-hybridized carbons (Fsp3) is 0.200. The molecule has 0 aromatic heterocycles. The summed E-state index contributed by atoms with van der Waals surface area (Å²) in [5.74, 6) is -0.528. The molecule has 2 aromatic rings. The summed E-state index contributed by atoms with van der Waals surface area (Å²) in [5, 5.41) is 5.30. The Morgan fingerprint density at radius 2 is 1.79 bits per heavy atom. The first-order valence-electron chi connectivity index (χ1n) is 8.45. The maximum atomic E-state index is 12.4. The van der Waals surface area contributed by atoms with Crippen LogP contribution in [0.2, 0.25) is 0 Å². The molecule has 0 radical (unpaired) electrons. The van der Waals surface area contributed by atoms with E-state index in [9.17, 15) is 18.4 Å². The number of nitrogens with one attached hydrogen (secondary N) is 2. The molecular formula is C20H20F2N2O4. The Balaban J connectivity index is 2.07. The molecule has 0 spiro atoms. The average molecular weight is 390 g/mol. The van der Waals surface area contributed by atoms with Crippen LogP contribution in [0.4, 0.5) is 20.2 Å². The van der Waals surface area contributed by atoms with Gasteiger partial charge in [-0.3, -0.25) is 9.59 Å². The maximum absolute atomic E-state index is 12.4. The predicted molar refractivity (Wildman–Crippen MR) is 103 cm³/mol. The van der Waals surface area contributed by atoms with Gasteiger partial charge in [0.2, 0.25) is 11.8 Å². The Labute approximate surface area is 161 Å². The zero-order chi connectivity index (χ0) is 20.5. The second kappa shape index (κ2) is 10.1. The van der Waals surface area contributed by atoms with Crippen LogP contribution in [0.25, 0.3) is 6.08 Å². The number of benzene rings is 2. The molecule has 6 nitrogen and oxygen atoms in total. The Kier molecular flexibility index (Phi) is 7.50. The Bertz CT molecular complexity index is 869. The standard InChI is InChI=1S/C20H20F2N2O4/c1-3-27-18-11-14(7-9-17(18)28-20(21)22)8-10-19(26)24-16-6-4-5-15(12-16)23-13(2)25/h4-12,20H,3H2,1-2H3,(H,23,25)(H,24,26). The third-order valence-electron chi connectivity index (χ3n) is 3.36. The molecule has 0 fully saturated rings. The molecule has 0 aliphatic carbocycles. The number of carbonyl (C=O) groups excluding carboxylic acids is 2. The summed E-state index contributed by atoms with van der Waals surface area (Å²) in [4.78, 5) is 23.2. The van der Waals surface area contributed by atoms with Gasteiger partial charge in [0, 0.05) is 24.4 Å². The molecule has 2 amide bonds. The first-order valence-corrected chi connectivity index (χ1v) is 8.45. The zero-order valence-electron chi connectivity index (χ0n) is 15.4. The Hall–Kier alpha value is -3.42. The normalized spacial score (nSPS) is 10.8. The van der Waals surface area contributed by atoms with E-state index in [-0.39, 0.29) is 24.0 Å². The Morgan fingerprint density at radius 1 is 1.07 bits per heavy atom. The molecule has 0 unspecified atom stereocenters. The molecule has 8 heteroatoms. The minimum absolute atomic E-state index is 0.0757. The van der Waals surface area contributed by atoms with Gasteiger partial charge in [0.25, 0.3) is 0 Å². The van der Waals surface area contributed by atoms with Crippen molar-refractivity contribution in [1.29, 1.82) is 0 Å². The number of carbonyl (C=O) groups is 2. The van der Waals surface area contributed by atoms with Crippen LogP contribution in [0.15, 0.2) is 48.5 Å². The van der Waals surface area contributed by atoms with Crippen molar-refractivity contribution in [2.45, 2.75) is 20.5 Å². The number of ether oxygens (including phenoxy) is 2. The van der Waals surface area contributed by atoms with Gasteiger partial charge in [0.1, 0.15) is 0 Å². The predicted octanol–water partition coefficient (Wildman–Crippen LogP) is 4.30. The number of hydrogen-bond acceptors (Lipinski definition) is 4. The van der Waals surface area contributed by atoms with Crippen LogP contribution in [0.5, 0.6) is 11.5 Å². The number of hydrogen-bond donors (Lipinski definition) is 2. The summed E-state index contributed by atoms with van der Waals surface area (Å²) in [7, 11) is 0. The van der Waals surface area contributed by atoms with Crippen LogP contribution >= 0.6 is 0 Å². The van der Waals surface area contributed by atoms with Crippen LogP contribution in [0.1, 0.15) is 19.4 Å². The monoisotopic (exact) mass is 390 g/mol. The minimum Gasteiger partial charge on any atom is -0.490 e. The lowest BCUT2D eigenvalue weighted by Gasteiger charge is -2.11. The summed E-state index contributed by atoms with van der Waals surface area (Å²) in [6.45, 7) is 0.427. The SMILES string of the molecule is CCOc1cc(C=CC(=O)Nc2cccc(NC(C)=O)c2)ccc1OC(F)F. The van der Waals surface area contributed by atoms with Crippen molar-refractivity contribution in [3.63, 3.8) is 0 Å². The van der Waals surface area contributed by atoms with Crippen LogP contribution in [-0.2, 0) is 9.59 Å². The highest BCUT2D eigenvalue weighted by atomic mass is 19.3. The van der Waals surface area contributed by atoms with Gasteiger partial charge in [-0.15, -0.1) is 0 Å². The van der Waals surface area contributed by atoms with E-state index in [1.807, 2.05) is 0 Å². The van der Waals surface area contributed by atoms with E-state index in [2.05, 4.69) is 15.4 Å². The van der Waals surface area contributed by atoms with Crippen molar-refractivity contribution in [2.75, 3.05) is 17.2 Å². The Morgan fingerprint density at radius 3 is 2.43 bits per heavy atom. The summed E-state index contributed by atoms with van der Waals surface area (Å²) >= 11 is 0. The second-order valence-electron chi connectivity index (χ2n) is 5.60. The van der Waals surface area contributed by atoms with E-state index in [0.29, 0.717) is 16.9 Å². The van der Waals surface area contributed by atoms with E-state index in [1.54, 1.807) is 31.2 Å². The second-order valence-corrected chi connectivity index (χ2v) is 5.60. The van der Waals surface area contributed by atoms with E-state index >= 15 is 0 Å². The van der Waals surface area contributed by atoms with Crippen molar-refractivity contribution in [3.05, 3.63) is 54.1 Å². The quantitative estimate of drug-likeness (QED) is 0.659. The largest absolute Gasteiger partial charge is 0.490 e. The minimum atomic E-state index is -2.96. The topological polar surface area (TPSA) is 76.7 Å². The highest BCUT2D eigenvalue weighted by Gasteiger charge is 2.11. The number of halogens is 2. The summed E-state index contributed by atoms with van der Waals surface area (Å²) in [6, 6.07) is 11.1. The molecule has 148 valence electrons. The van der Waals surface area contributed by atoms with Crippen molar-refractivity contribution in [3.8, 4) is 11.5 Å². The number of alkyl halides is 2. The number of anilines is 2. The van der Waals surface area contributed by atoms with Crippen molar-refractivity contribution in [1.82, 2.24) is 0 Å². The van der Waals surface area contributed by atoms with Crippen molar-refractivity contribution in [2.24, 2.45) is 0 Å². The van der Waals surface area contributed by atoms with Gasteiger partial charge in [-0.2, -0.15) is 8.78 Å². The number of amides is 2. The third-order valence-corrected chi connectivity index (χ3v) is 3.36. The summed E-state index contributed by atoms with van der Waals surface area (Å²) < 4.78 is 34.6. The van der Waals surface area contributed by atoms with Crippen LogP contribution < -0.4 is 20.1 Å². The molecule has 2 aromatic carbocycles. The number of rotatable bonds is 8.